The third-order valence-corrected chi connectivity index (χ3v) is 4.23. The summed E-state index contributed by atoms with van der Waals surface area (Å²) in [7, 11) is 0. The van der Waals surface area contributed by atoms with E-state index in [0.29, 0.717) is 29.5 Å². The molecule has 2 N–H and O–H groups in total. The molecule has 0 unspecified atom stereocenters. The van der Waals surface area contributed by atoms with E-state index in [4.69, 9.17) is 16.3 Å². The topological polar surface area (TPSA) is 67.4 Å². The van der Waals surface area contributed by atoms with Crippen LogP contribution in [0.3, 0.4) is 0 Å². The predicted octanol–water partition coefficient (Wildman–Crippen LogP) is 2.87. The molecule has 0 heterocycles. The second kappa shape index (κ2) is 9.48. The molecule has 0 radical (unpaired) electrons. The lowest BCUT2D eigenvalue weighted by Gasteiger charge is -2.09. The molecule has 2 amide bonds. The molecule has 2 aromatic rings. The summed E-state index contributed by atoms with van der Waals surface area (Å²) in [4.78, 5) is 23.7. The fourth-order valence-corrected chi connectivity index (χ4v) is 2.61. The Balaban J connectivity index is 1.65. The highest BCUT2D eigenvalue weighted by Gasteiger charge is 2.10. The molecule has 0 aliphatic rings. The number of hydrogen-bond donors (Lipinski definition) is 2. The number of halogens is 2. The number of carbonyl (C=O) groups excluding carboxylic acids is 2. The molecule has 0 saturated carbocycles. The minimum atomic E-state index is -0.271. The fraction of sp³-hybridized carbons (Fsp3) is 0.176. The van der Waals surface area contributed by atoms with E-state index in [1.165, 1.54) is 0 Å². The number of ether oxygens (including phenoxy) is 1. The highest BCUT2D eigenvalue weighted by Crippen LogP contribution is 2.15. The minimum Gasteiger partial charge on any atom is -0.492 e. The molecule has 126 valence electrons. The Kier molecular flexibility index (Phi) is 7.33. The summed E-state index contributed by atoms with van der Waals surface area (Å²) in [6.45, 7) is 0.600. The van der Waals surface area contributed by atoms with E-state index in [1.807, 2.05) is 12.1 Å². The normalized spacial score (nSPS) is 10.1. The van der Waals surface area contributed by atoms with E-state index in [1.54, 1.807) is 36.4 Å². The lowest BCUT2D eigenvalue weighted by molar-refractivity contribution is -0.120. The molecule has 5 nitrogen and oxygen atoms in total. The summed E-state index contributed by atoms with van der Waals surface area (Å²) in [6.07, 6.45) is 0. The smallest absolute Gasteiger partial charge is 0.252 e. The summed E-state index contributed by atoms with van der Waals surface area (Å²) in [5, 5.41) is 5.91. The van der Waals surface area contributed by atoms with Crippen LogP contribution in [0, 0.1) is 3.57 Å². The highest BCUT2D eigenvalue weighted by atomic mass is 127. The average Bonchev–Trinajstić information content (AvgIpc) is 2.58. The van der Waals surface area contributed by atoms with Crippen molar-refractivity contribution in [1.29, 1.82) is 0 Å². The third kappa shape index (κ3) is 6.01. The van der Waals surface area contributed by atoms with Crippen LogP contribution in [0.1, 0.15) is 10.4 Å². The number of benzene rings is 2. The quantitative estimate of drug-likeness (QED) is 0.495. The van der Waals surface area contributed by atoms with Crippen molar-refractivity contribution >= 4 is 46.0 Å². The van der Waals surface area contributed by atoms with Crippen molar-refractivity contribution in [2.45, 2.75) is 0 Å². The molecule has 0 bridgehead atoms. The molecule has 2 rings (SSSR count). The summed E-state index contributed by atoms with van der Waals surface area (Å²) < 4.78 is 6.30. The largest absolute Gasteiger partial charge is 0.492 e. The van der Waals surface area contributed by atoms with Gasteiger partial charge in [0.05, 0.1) is 18.7 Å². The number of amides is 2. The van der Waals surface area contributed by atoms with Gasteiger partial charge >= 0.3 is 0 Å². The van der Waals surface area contributed by atoms with Gasteiger partial charge in [-0.25, -0.2) is 0 Å². The van der Waals surface area contributed by atoms with Crippen LogP contribution in [0.5, 0.6) is 5.75 Å². The zero-order valence-corrected chi connectivity index (χ0v) is 15.6. The van der Waals surface area contributed by atoms with Crippen LogP contribution >= 0.6 is 34.2 Å². The van der Waals surface area contributed by atoms with E-state index in [9.17, 15) is 9.59 Å². The van der Waals surface area contributed by atoms with Gasteiger partial charge < -0.3 is 15.4 Å². The third-order valence-electron chi connectivity index (χ3n) is 3.03. The monoisotopic (exact) mass is 458 g/mol. The van der Waals surface area contributed by atoms with Crippen LogP contribution in [0.2, 0.25) is 5.02 Å². The first-order chi connectivity index (χ1) is 11.6. The first kappa shape index (κ1) is 18.5. The van der Waals surface area contributed by atoms with Gasteiger partial charge in [-0.2, -0.15) is 0 Å². The number of carbonyl (C=O) groups is 2. The maximum Gasteiger partial charge on any atom is 0.252 e. The maximum atomic E-state index is 12.0. The second-order valence-corrected chi connectivity index (χ2v) is 6.41. The molecule has 7 heteroatoms. The van der Waals surface area contributed by atoms with E-state index >= 15 is 0 Å². The zero-order valence-electron chi connectivity index (χ0n) is 12.7. The highest BCUT2D eigenvalue weighted by molar-refractivity contribution is 14.1. The lowest BCUT2D eigenvalue weighted by atomic mass is 10.2. The molecule has 0 saturated heterocycles. The van der Waals surface area contributed by atoms with Gasteiger partial charge in [-0.1, -0.05) is 23.7 Å². The zero-order chi connectivity index (χ0) is 17.4. The van der Waals surface area contributed by atoms with Crippen molar-refractivity contribution in [3.63, 3.8) is 0 Å². The van der Waals surface area contributed by atoms with Gasteiger partial charge in [0.1, 0.15) is 12.4 Å². The van der Waals surface area contributed by atoms with Gasteiger partial charge in [0.25, 0.3) is 5.91 Å². The molecule has 0 aromatic heterocycles. The summed E-state index contributed by atoms with van der Waals surface area (Å²) in [5.74, 6) is 0.141. The molecule has 0 aliphatic carbocycles. The first-order valence-electron chi connectivity index (χ1n) is 7.24. The Bertz CT molecular complexity index is 707. The van der Waals surface area contributed by atoms with Crippen molar-refractivity contribution < 1.29 is 14.3 Å². The maximum absolute atomic E-state index is 12.0. The van der Waals surface area contributed by atoms with Crippen LogP contribution in [-0.2, 0) is 4.79 Å². The van der Waals surface area contributed by atoms with Crippen molar-refractivity contribution in [1.82, 2.24) is 10.6 Å². The van der Waals surface area contributed by atoms with E-state index in [0.717, 1.165) is 3.57 Å². The van der Waals surface area contributed by atoms with Crippen molar-refractivity contribution in [3.05, 3.63) is 62.7 Å². The number of rotatable bonds is 7. The van der Waals surface area contributed by atoms with Gasteiger partial charge in [-0.15, -0.1) is 0 Å². The Labute approximate surface area is 158 Å². The average molecular weight is 459 g/mol. The molecule has 0 atom stereocenters. The molecular weight excluding hydrogens is 443 g/mol. The molecular formula is C17H16ClIN2O3. The van der Waals surface area contributed by atoms with Crippen LogP contribution in [-0.4, -0.2) is 31.5 Å². The van der Waals surface area contributed by atoms with Crippen LogP contribution in [0.25, 0.3) is 0 Å². The first-order valence-corrected chi connectivity index (χ1v) is 8.70. The van der Waals surface area contributed by atoms with Crippen molar-refractivity contribution in [3.8, 4) is 5.75 Å². The van der Waals surface area contributed by atoms with Crippen LogP contribution in [0.15, 0.2) is 48.5 Å². The standard InChI is InChI=1S/C17H16ClIN2O3/c18-12-5-7-13(8-6-12)24-10-9-20-16(22)11-21-17(23)14-3-1-2-4-15(14)19/h1-8H,9-11H2,(H,20,22)(H,21,23). The summed E-state index contributed by atoms with van der Waals surface area (Å²) >= 11 is 7.86. The van der Waals surface area contributed by atoms with Crippen molar-refractivity contribution in [2.24, 2.45) is 0 Å². The van der Waals surface area contributed by atoms with Gasteiger partial charge in [-0.3, -0.25) is 9.59 Å². The Hall–Kier alpha value is -1.80. The fourth-order valence-electron chi connectivity index (χ4n) is 1.85. The van der Waals surface area contributed by atoms with E-state index in [2.05, 4.69) is 33.2 Å². The Morgan fingerprint density at radius 2 is 1.75 bits per heavy atom. The summed E-state index contributed by atoms with van der Waals surface area (Å²) in [5.41, 5.74) is 0.553. The van der Waals surface area contributed by atoms with Gasteiger partial charge in [0, 0.05) is 8.59 Å². The lowest BCUT2D eigenvalue weighted by Crippen LogP contribution is -2.38. The van der Waals surface area contributed by atoms with E-state index < -0.39 is 0 Å². The van der Waals surface area contributed by atoms with Gasteiger partial charge in [0.15, 0.2) is 0 Å². The minimum absolute atomic E-state index is 0.0786. The second-order valence-electron chi connectivity index (χ2n) is 4.81. The van der Waals surface area contributed by atoms with E-state index in [-0.39, 0.29) is 18.4 Å². The predicted molar refractivity (Wildman–Crippen MR) is 101 cm³/mol. The van der Waals surface area contributed by atoms with Crippen LogP contribution in [0.4, 0.5) is 0 Å². The van der Waals surface area contributed by atoms with Gasteiger partial charge in [0.2, 0.25) is 5.91 Å². The van der Waals surface area contributed by atoms with Crippen molar-refractivity contribution in [2.75, 3.05) is 19.7 Å². The molecule has 0 fully saturated rings. The van der Waals surface area contributed by atoms with Gasteiger partial charge in [-0.05, 0) is 59.0 Å². The molecule has 24 heavy (non-hydrogen) atoms. The Morgan fingerprint density at radius 3 is 2.46 bits per heavy atom. The molecule has 0 spiro atoms. The molecule has 2 aromatic carbocycles. The SMILES string of the molecule is O=C(CNC(=O)c1ccccc1I)NCCOc1ccc(Cl)cc1. The number of nitrogens with one attached hydrogen (secondary N) is 2. The number of hydrogen-bond acceptors (Lipinski definition) is 3. The van der Waals surface area contributed by atoms with Crippen LogP contribution < -0.4 is 15.4 Å². The Morgan fingerprint density at radius 1 is 1.04 bits per heavy atom. The summed E-state index contributed by atoms with van der Waals surface area (Å²) in [6, 6.07) is 14.2. The molecule has 0 aliphatic heterocycles.